The highest BCUT2D eigenvalue weighted by Gasteiger charge is 2.22. The number of nitrogens with one attached hydrogen (secondary N) is 1. The van der Waals surface area contributed by atoms with Gasteiger partial charge in [-0.3, -0.25) is 9.69 Å². The number of nitrogens with zero attached hydrogens (tertiary/aromatic N) is 2. The SMILES string of the molecule is CCOC(=O)c1ccc(N2CCN(Cc3ccccc3)CC2)c(NC(=O)c2ccc(OC)c(Br)c2)c1. The van der Waals surface area contributed by atoms with Crippen LogP contribution in [-0.4, -0.2) is 56.7 Å². The highest BCUT2D eigenvalue weighted by atomic mass is 79.9. The quantitative estimate of drug-likeness (QED) is 0.387. The number of carbonyl (C=O) groups excluding carboxylic acids is 2. The van der Waals surface area contributed by atoms with Crippen molar-refractivity contribution < 1.29 is 19.1 Å². The number of rotatable bonds is 8. The summed E-state index contributed by atoms with van der Waals surface area (Å²) >= 11 is 3.44. The van der Waals surface area contributed by atoms with Crippen molar-refractivity contribution in [2.45, 2.75) is 13.5 Å². The van der Waals surface area contributed by atoms with E-state index in [-0.39, 0.29) is 12.5 Å². The molecule has 0 aliphatic carbocycles. The first-order chi connectivity index (χ1) is 17.5. The molecule has 1 aliphatic heterocycles. The van der Waals surface area contributed by atoms with Crippen LogP contribution in [0.1, 0.15) is 33.2 Å². The fourth-order valence-corrected chi connectivity index (χ4v) is 4.78. The molecule has 7 nitrogen and oxygen atoms in total. The lowest BCUT2D eigenvalue weighted by Crippen LogP contribution is -2.46. The minimum Gasteiger partial charge on any atom is -0.496 e. The van der Waals surface area contributed by atoms with E-state index in [0.717, 1.165) is 38.4 Å². The monoisotopic (exact) mass is 551 g/mol. The average Bonchev–Trinajstić information content (AvgIpc) is 2.90. The number of hydrogen-bond donors (Lipinski definition) is 1. The van der Waals surface area contributed by atoms with E-state index in [4.69, 9.17) is 9.47 Å². The van der Waals surface area contributed by atoms with Gasteiger partial charge in [-0.05, 0) is 64.8 Å². The van der Waals surface area contributed by atoms with Gasteiger partial charge >= 0.3 is 5.97 Å². The predicted molar refractivity (Wildman–Crippen MR) is 145 cm³/mol. The van der Waals surface area contributed by atoms with Crippen LogP contribution < -0.4 is 15.0 Å². The van der Waals surface area contributed by atoms with Gasteiger partial charge in [-0.2, -0.15) is 0 Å². The molecule has 0 spiro atoms. The second kappa shape index (κ2) is 12.1. The molecule has 188 valence electrons. The van der Waals surface area contributed by atoms with Gasteiger partial charge in [0.05, 0.1) is 35.1 Å². The summed E-state index contributed by atoms with van der Waals surface area (Å²) in [6.07, 6.45) is 0. The standard InChI is InChI=1S/C28H30BrN3O4/c1-3-36-28(34)22-9-11-25(32-15-13-31(14-16-32)19-20-7-5-4-6-8-20)24(18-22)30-27(33)21-10-12-26(35-2)23(29)17-21/h4-12,17-18H,3,13-16,19H2,1-2H3,(H,30,33). The van der Waals surface area contributed by atoms with E-state index >= 15 is 0 Å². The number of ether oxygens (including phenoxy) is 2. The van der Waals surface area contributed by atoms with Crippen LogP contribution in [0.5, 0.6) is 5.75 Å². The first kappa shape index (κ1) is 25.7. The van der Waals surface area contributed by atoms with Gasteiger partial charge < -0.3 is 19.7 Å². The zero-order valence-corrected chi connectivity index (χ0v) is 22.1. The minimum atomic E-state index is -0.417. The molecule has 1 N–H and O–H groups in total. The lowest BCUT2D eigenvalue weighted by Gasteiger charge is -2.37. The zero-order valence-electron chi connectivity index (χ0n) is 20.5. The number of halogens is 1. The molecule has 3 aromatic carbocycles. The molecular weight excluding hydrogens is 522 g/mol. The second-order valence-corrected chi connectivity index (χ2v) is 9.36. The lowest BCUT2D eigenvalue weighted by atomic mass is 10.1. The maximum Gasteiger partial charge on any atom is 0.338 e. The number of benzene rings is 3. The van der Waals surface area contributed by atoms with Crippen LogP contribution in [-0.2, 0) is 11.3 Å². The van der Waals surface area contributed by atoms with Gasteiger partial charge in [-0.15, -0.1) is 0 Å². The molecule has 0 saturated carbocycles. The Hall–Kier alpha value is -3.36. The number of piperazine rings is 1. The Morgan fingerprint density at radius 2 is 1.67 bits per heavy atom. The van der Waals surface area contributed by atoms with Crippen LogP contribution in [0.3, 0.4) is 0 Å². The van der Waals surface area contributed by atoms with Crippen molar-refractivity contribution in [1.82, 2.24) is 4.90 Å². The van der Waals surface area contributed by atoms with Crippen molar-refractivity contribution in [1.29, 1.82) is 0 Å². The first-order valence-corrected chi connectivity index (χ1v) is 12.7. The van der Waals surface area contributed by atoms with Gasteiger partial charge in [-0.25, -0.2) is 4.79 Å². The molecule has 0 atom stereocenters. The maximum atomic E-state index is 13.1. The molecule has 8 heteroatoms. The lowest BCUT2D eigenvalue weighted by molar-refractivity contribution is 0.0526. The van der Waals surface area contributed by atoms with Crippen LogP contribution in [0.2, 0.25) is 0 Å². The van der Waals surface area contributed by atoms with E-state index in [0.29, 0.717) is 27.0 Å². The molecule has 1 fully saturated rings. The van der Waals surface area contributed by atoms with Crippen molar-refractivity contribution in [2.75, 3.05) is 50.1 Å². The molecule has 1 saturated heterocycles. The Labute approximate surface area is 220 Å². The van der Waals surface area contributed by atoms with Gasteiger partial charge in [0, 0.05) is 38.3 Å². The van der Waals surface area contributed by atoms with Crippen LogP contribution in [0.25, 0.3) is 0 Å². The fraction of sp³-hybridized carbons (Fsp3) is 0.286. The molecule has 0 bridgehead atoms. The van der Waals surface area contributed by atoms with Crippen LogP contribution in [0, 0.1) is 0 Å². The molecular formula is C28H30BrN3O4. The molecule has 36 heavy (non-hydrogen) atoms. The molecule has 1 amide bonds. The summed E-state index contributed by atoms with van der Waals surface area (Å²) in [5.74, 6) is -0.0485. The number of carbonyl (C=O) groups is 2. The zero-order chi connectivity index (χ0) is 25.5. The van der Waals surface area contributed by atoms with Crippen LogP contribution >= 0.6 is 15.9 Å². The third kappa shape index (κ3) is 6.25. The van der Waals surface area contributed by atoms with Crippen molar-refractivity contribution >= 4 is 39.2 Å². The largest absolute Gasteiger partial charge is 0.496 e. The summed E-state index contributed by atoms with van der Waals surface area (Å²) in [4.78, 5) is 30.2. The Bertz CT molecular complexity index is 1210. The van der Waals surface area contributed by atoms with Crippen LogP contribution in [0.4, 0.5) is 11.4 Å². The van der Waals surface area contributed by atoms with E-state index in [1.165, 1.54) is 5.56 Å². The molecule has 0 unspecified atom stereocenters. The normalized spacial score (nSPS) is 13.8. The number of hydrogen-bond acceptors (Lipinski definition) is 6. The molecule has 4 rings (SSSR count). The third-order valence-electron chi connectivity index (χ3n) is 6.13. The number of amides is 1. The molecule has 0 aromatic heterocycles. The molecule has 0 radical (unpaired) electrons. The smallest absolute Gasteiger partial charge is 0.338 e. The van der Waals surface area contributed by atoms with E-state index in [9.17, 15) is 9.59 Å². The number of esters is 1. The Balaban J connectivity index is 1.53. The molecule has 1 aliphatic rings. The summed E-state index contributed by atoms with van der Waals surface area (Å²) < 4.78 is 11.1. The van der Waals surface area contributed by atoms with Crippen molar-refractivity contribution in [3.63, 3.8) is 0 Å². The van der Waals surface area contributed by atoms with E-state index in [1.807, 2.05) is 12.1 Å². The van der Waals surface area contributed by atoms with Crippen molar-refractivity contribution in [3.05, 3.63) is 87.9 Å². The van der Waals surface area contributed by atoms with Crippen LogP contribution in [0.15, 0.2) is 71.2 Å². The average molecular weight is 552 g/mol. The topological polar surface area (TPSA) is 71.1 Å². The third-order valence-corrected chi connectivity index (χ3v) is 6.75. The first-order valence-electron chi connectivity index (χ1n) is 12.0. The molecule has 3 aromatic rings. The summed E-state index contributed by atoms with van der Waals surface area (Å²) in [5, 5.41) is 3.01. The predicted octanol–water partition coefficient (Wildman–Crippen LogP) is 5.21. The van der Waals surface area contributed by atoms with E-state index in [1.54, 1.807) is 44.4 Å². The second-order valence-electron chi connectivity index (χ2n) is 8.50. The van der Waals surface area contributed by atoms with E-state index < -0.39 is 5.97 Å². The highest BCUT2D eigenvalue weighted by molar-refractivity contribution is 9.10. The van der Waals surface area contributed by atoms with Gasteiger partial charge in [0.25, 0.3) is 5.91 Å². The minimum absolute atomic E-state index is 0.275. The Kier molecular flexibility index (Phi) is 8.61. The van der Waals surface area contributed by atoms with Crippen molar-refractivity contribution in [2.24, 2.45) is 0 Å². The number of anilines is 2. The number of methoxy groups -OCH3 is 1. The fourth-order valence-electron chi connectivity index (χ4n) is 4.24. The summed E-state index contributed by atoms with van der Waals surface area (Å²) in [6.45, 7) is 6.37. The Morgan fingerprint density at radius 1 is 0.944 bits per heavy atom. The maximum absolute atomic E-state index is 13.1. The Morgan fingerprint density at radius 3 is 2.33 bits per heavy atom. The summed E-state index contributed by atoms with van der Waals surface area (Å²) in [5.41, 5.74) is 3.62. The summed E-state index contributed by atoms with van der Waals surface area (Å²) in [7, 11) is 1.58. The van der Waals surface area contributed by atoms with Gasteiger partial charge in [0.2, 0.25) is 0 Å². The summed E-state index contributed by atoms with van der Waals surface area (Å²) in [6, 6.07) is 20.9. The van der Waals surface area contributed by atoms with E-state index in [2.05, 4.69) is 55.3 Å². The van der Waals surface area contributed by atoms with Gasteiger partial charge in [0.15, 0.2) is 0 Å². The van der Waals surface area contributed by atoms with Gasteiger partial charge in [-0.1, -0.05) is 30.3 Å². The van der Waals surface area contributed by atoms with Gasteiger partial charge in [0.1, 0.15) is 5.75 Å². The highest BCUT2D eigenvalue weighted by Crippen LogP contribution is 2.31. The molecule has 1 heterocycles. The van der Waals surface area contributed by atoms with Crippen molar-refractivity contribution in [3.8, 4) is 5.75 Å².